The number of fused-ring (bicyclic) bond motifs is 1. The molecule has 0 fully saturated rings. The van der Waals surface area contributed by atoms with Crippen LogP contribution in [0.15, 0.2) is 97.2 Å². The molecule has 1 heterocycles. The highest BCUT2D eigenvalue weighted by molar-refractivity contribution is 5.90. The second-order valence-corrected chi connectivity index (χ2v) is 6.48. The van der Waals surface area contributed by atoms with Crippen LogP contribution in [0.25, 0.3) is 10.8 Å². The first-order valence-corrected chi connectivity index (χ1v) is 9.03. The van der Waals surface area contributed by atoms with E-state index < -0.39 is 0 Å². The fraction of sp³-hybridized carbons (Fsp3) is 0.0833. The van der Waals surface area contributed by atoms with E-state index in [4.69, 9.17) is 0 Å². The van der Waals surface area contributed by atoms with Gasteiger partial charge >= 0.3 is 0 Å². The topological polar surface area (TPSA) is 42.0 Å². The fourth-order valence-corrected chi connectivity index (χ4v) is 3.35. The third-order valence-corrected chi connectivity index (χ3v) is 4.65. The average Bonchev–Trinajstić information content (AvgIpc) is 2.73. The summed E-state index contributed by atoms with van der Waals surface area (Å²) in [6.07, 6.45) is 2.08. The van der Waals surface area contributed by atoms with E-state index in [0.29, 0.717) is 6.42 Å². The number of benzene rings is 3. The van der Waals surface area contributed by atoms with Gasteiger partial charge in [-0.15, -0.1) is 0 Å². The number of amides is 1. The standard InChI is InChI=1S/C24H20N2O/c27-23(17-20-13-8-12-18-9-4-5-14-21(18)20)26-24(19-10-2-1-3-11-19)22-15-6-7-16-25-22/h1-16,24H,17H2,(H,26,27). The van der Waals surface area contributed by atoms with Gasteiger partial charge in [-0.3, -0.25) is 9.78 Å². The lowest BCUT2D eigenvalue weighted by atomic mass is 10.0. The van der Waals surface area contributed by atoms with Crippen molar-refractivity contribution in [1.82, 2.24) is 10.3 Å². The van der Waals surface area contributed by atoms with Crippen LogP contribution >= 0.6 is 0 Å². The minimum Gasteiger partial charge on any atom is -0.343 e. The Morgan fingerprint density at radius 2 is 1.56 bits per heavy atom. The van der Waals surface area contributed by atoms with Gasteiger partial charge in [0, 0.05) is 6.20 Å². The first kappa shape index (κ1) is 17.0. The molecule has 0 bridgehead atoms. The van der Waals surface area contributed by atoms with Crippen LogP contribution in [-0.4, -0.2) is 10.9 Å². The molecule has 0 aliphatic rings. The zero-order valence-corrected chi connectivity index (χ0v) is 14.9. The van der Waals surface area contributed by atoms with Gasteiger partial charge in [-0.1, -0.05) is 78.9 Å². The molecule has 27 heavy (non-hydrogen) atoms. The van der Waals surface area contributed by atoms with E-state index in [1.54, 1.807) is 6.20 Å². The van der Waals surface area contributed by atoms with Crippen LogP contribution in [0, 0.1) is 0 Å². The van der Waals surface area contributed by atoms with Crippen LogP contribution in [0.3, 0.4) is 0 Å². The summed E-state index contributed by atoms with van der Waals surface area (Å²) in [5.74, 6) is -0.0224. The Hall–Kier alpha value is -3.46. The molecule has 132 valence electrons. The van der Waals surface area contributed by atoms with Gasteiger partial charge < -0.3 is 5.32 Å². The first-order chi connectivity index (χ1) is 13.3. The Bertz CT molecular complexity index is 1000. The summed E-state index contributed by atoms with van der Waals surface area (Å²) in [6.45, 7) is 0. The predicted molar refractivity (Wildman–Crippen MR) is 108 cm³/mol. The minimum absolute atomic E-state index is 0.0224. The molecule has 0 radical (unpaired) electrons. The normalized spacial score (nSPS) is 11.9. The SMILES string of the molecule is O=C(Cc1cccc2ccccc12)NC(c1ccccc1)c1ccccn1. The summed E-state index contributed by atoms with van der Waals surface area (Å²) in [7, 11) is 0. The van der Waals surface area contributed by atoms with Crippen LogP contribution in [0.4, 0.5) is 0 Å². The largest absolute Gasteiger partial charge is 0.343 e. The van der Waals surface area contributed by atoms with E-state index >= 15 is 0 Å². The molecule has 3 aromatic carbocycles. The maximum Gasteiger partial charge on any atom is 0.225 e. The van der Waals surface area contributed by atoms with Crippen molar-refractivity contribution < 1.29 is 4.79 Å². The number of nitrogens with one attached hydrogen (secondary N) is 1. The molecule has 1 amide bonds. The average molecular weight is 352 g/mol. The van der Waals surface area contributed by atoms with Crippen molar-refractivity contribution in [1.29, 1.82) is 0 Å². The van der Waals surface area contributed by atoms with Crippen LogP contribution in [0.2, 0.25) is 0 Å². The van der Waals surface area contributed by atoms with Crippen LogP contribution in [-0.2, 0) is 11.2 Å². The van der Waals surface area contributed by atoms with Gasteiger partial charge in [-0.05, 0) is 34.0 Å². The first-order valence-electron chi connectivity index (χ1n) is 9.03. The van der Waals surface area contributed by atoms with E-state index in [2.05, 4.69) is 28.5 Å². The van der Waals surface area contributed by atoms with Crippen LogP contribution in [0.5, 0.6) is 0 Å². The Balaban J connectivity index is 1.60. The maximum absolute atomic E-state index is 12.9. The van der Waals surface area contributed by atoms with Crippen molar-refractivity contribution in [3.63, 3.8) is 0 Å². The Morgan fingerprint density at radius 1 is 0.815 bits per heavy atom. The number of hydrogen-bond acceptors (Lipinski definition) is 2. The van der Waals surface area contributed by atoms with Crippen molar-refractivity contribution >= 4 is 16.7 Å². The number of aromatic nitrogens is 1. The van der Waals surface area contributed by atoms with Crippen LogP contribution in [0.1, 0.15) is 22.9 Å². The van der Waals surface area contributed by atoms with Gasteiger partial charge in [0.1, 0.15) is 0 Å². The number of rotatable bonds is 5. The molecular weight excluding hydrogens is 332 g/mol. The van der Waals surface area contributed by atoms with Crippen molar-refractivity contribution in [2.45, 2.75) is 12.5 Å². The van der Waals surface area contributed by atoms with E-state index in [0.717, 1.165) is 27.6 Å². The lowest BCUT2D eigenvalue weighted by Crippen LogP contribution is -2.31. The summed E-state index contributed by atoms with van der Waals surface area (Å²) < 4.78 is 0. The lowest BCUT2D eigenvalue weighted by molar-refractivity contribution is -0.120. The molecule has 0 aliphatic heterocycles. The minimum atomic E-state index is -0.269. The van der Waals surface area contributed by atoms with Gasteiger partial charge in [0.2, 0.25) is 5.91 Å². The molecule has 3 heteroatoms. The van der Waals surface area contributed by atoms with Crippen molar-refractivity contribution in [2.75, 3.05) is 0 Å². The summed E-state index contributed by atoms with van der Waals surface area (Å²) >= 11 is 0. The summed E-state index contributed by atoms with van der Waals surface area (Å²) in [4.78, 5) is 17.3. The van der Waals surface area contributed by atoms with Crippen molar-refractivity contribution in [3.05, 3.63) is 114 Å². The molecule has 1 atom stereocenters. The highest BCUT2D eigenvalue weighted by Crippen LogP contribution is 2.22. The number of pyridine rings is 1. The zero-order chi connectivity index (χ0) is 18.5. The Kier molecular flexibility index (Phi) is 4.93. The number of hydrogen-bond donors (Lipinski definition) is 1. The van der Waals surface area contributed by atoms with E-state index in [-0.39, 0.29) is 11.9 Å². The highest BCUT2D eigenvalue weighted by Gasteiger charge is 2.18. The number of carbonyl (C=O) groups excluding carboxylic acids is 1. The van der Waals surface area contributed by atoms with Gasteiger partial charge in [-0.2, -0.15) is 0 Å². The quantitative estimate of drug-likeness (QED) is 0.566. The maximum atomic E-state index is 12.9. The van der Waals surface area contributed by atoms with Crippen molar-refractivity contribution in [3.8, 4) is 0 Å². The van der Waals surface area contributed by atoms with Gasteiger partial charge in [-0.25, -0.2) is 0 Å². The van der Waals surface area contributed by atoms with E-state index in [9.17, 15) is 4.79 Å². The highest BCUT2D eigenvalue weighted by atomic mass is 16.1. The summed E-state index contributed by atoms with van der Waals surface area (Å²) in [5.41, 5.74) is 2.87. The van der Waals surface area contributed by atoms with Crippen molar-refractivity contribution in [2.24, 2.45) is 0 Å². The lowest BCUT2D eigenvalue weighted by Gasteiger charge is -2.19. The molecule has 1 aromatic heterocycles. The molecule has 3 nitrogen and oxygen atoms in total. The molecule has 0 spiro atoms. The molecule has 4 aromatic rings. The number of nitrogens with zero attached hydrogens (tertiary/aromatic N) is 1. The predicted octanol–water partition coefficient (Wildman–Crippen LogP) is 4.68. The van der Waals surface area contributed by atoms with Gasteiger partial charge in [0.25, 0.3) is 0 Å². The number of carbonyl (C=O) groups is 1. The summed E-state index contributed by atoms with van der Waals surface area (Å²) in [5, 5.41) is 5.42. The second kappa shape index (κ2) is 7.83. The third-order valence-electron chi connectivity index (χ3n) is 4.65. The van der Waals surface area contributed by atoms with E-state index in [1.807, 2.05) is 72.8 Å². The molecule has 0 saturated heterocycles. The Morgan fingerprint density at radius 3 is 2.37 bits per heavy atom. The fourth-order valence-electron chi connectivity index (χ4n) is 3.35. The molecule has 1 N–H and O–H groups in total. The third kappa shape index (κ3) is 3.87. The van der Waals surface area contributed by atoms with Gasteiger partial charge in [0.05, 0.1) is 18.2 Å². The monoisotopic (exact) mass is 352 g/mol. The van der Waals surface area contributed by atoms with Gasteiger partial charge in [0.15, 0.2) is 0 Å². The molecular formula is C24H20N2O. The molecule has 4 rings (SSSR count). The van der Waals surface area contributed by atoms with E-state index in [1.165, 1.54) is 0 Å². The molecule has 0 aliphatic carbocycles. The smallest absolute Gasteiger partial charge is 0.225 e. The zero-order valence-electron chi connectivity index (χ0n) is 14.9. The molecule has 1 unspecified atom stereocenters. The summed E-state index contributed by atoms with van der Waals surface area (Å²) in [6, 6.07) is 29.7. The second-order valence-electron chi connectivity index (χ2n) is 6.48. The Labute approximate surface area is 158 Å². The molecule has 0 saturated carbocycles. The van der Waals surface area contributed by atoms with Crippen LogP contribution < -0.4 is 5.32 Å².